The first-order valence-corrected chi connectivity index (χ1v) is 7.20. The average Bonchev–Trinajstić information content (AvgIpc) is 2.97. The number of nitrogens with zero attached hydrogens (tertiary/aromatic N) is 1. The van der Waals surface area contributed by atoms with Crippen LogP contribution in [0.3, 0.4) is 0 Å². The van der Waals surface area contributed by atoms with Gasteiger partial charge in [-0.25, -0.2) is 0 Å². The summed E-state index contributed by atoms with van der Waals surface area (Å²) in [6.45, 7) is 0.957. The molecule has 1 heterocycles. The fourth-order valence-electron chi connectivity index (χ4n) is 3.64. The van der Waals surface area contributed by atoms with E-state index in [-0.39, 0.29) is 5.54 Å². The largest absolute Gasteiger partial charge is 0.378 e. The van der Waals surface area contributed by atoms with E-state index in [0.717, 1.165) is 19.4 Å². The minimum absolute atomic E-state index is 0.263. The van der Waals surface area contributed by atoms with Crippen LogP contribution in [0.1, 0.15) is 51.4 Å². The molecule has 0 spiro atoms. The molecular weight excluding hydrogens is 212 g/mol. The molecule has 100 valence electrons. The van der Waals surface area contributed by atoms with Crippen LogP contribution >= 0.6 is 0 Å². The summed E-state index contributed by atoms with van der Waals surface area (Å²) < 4.78 is 5.69. The molecule has 0 aromatic carbocycles. The minimum atomic E-state index is 0.263. The highest BCUT2D eigenvalue weighted by molar-refractivity contribution is 5.00. The second kappa shape index (κ2) is 5.68. The van der Waals surface area contributed by atoms with Crippen molar-refractivity contribution in [3.63, 3.8) is 0 Å². The maximum absolute atomic E-state index is 6.50. The lowest BCUT2D eigenvalue weighted by Gasteiger charge is -2.42. The first-order valence-electron chi connectivity index (χ1n) is 7.20. The summed E-state index contributed by atoms with van der Waals surface area (Å²) in [5.74, 6) is 0. The van der Waals surface area contributed by atoms with Crippen LogP contribution in [0.15, 0.2) is 0 Å². The van der Waals surface area contributed by atoms with Crippen LogP contribution in [0.5, 0.6) is 0 Å². The number of hydrogen-bond donors (Lipinski definition) is 1. The van der Waals surface area contributed by atoms with Crippen molar-refractivity contribution >= 4 is 0 Å². The van der Waals surface area contributed by atoms with E-state index in [9.17, 15) is 0 Å². The van der Waals surface area contributed by atoms with E-state index in [2.05, 4.69) is 19.0 Å². The van der Waals surface area contributed by atoms with Crippen LogP contribution in [0.4, 0.5) is 0 Å². The van der Waals surface area contributed by atoms with Crippen molar-refractivity contribution in [3.05, 3.63) is 0 Å². The summed E-state index contributed by atoms with van der Waals surface area (Å²) in [5, 5.41) is 0. The quantitative estimate of drug-likeness (QED) is 0.800. The van der Waals surface area contributed by atoms with E-state index in [0.29, 0.717) is 12.1 Å². The van der Waals surface area contributed by atoms with Crippen LogP contribution < -0.4 is 5.73 Å². The number of likely N-dealkylation sites (N-methyl/N-ethyl adjacent to an activating group) is 1. The predicted molar refractivity (Wildman–Crippen MR) is 71.1 cm³/mol. The van der Waals surface area contributed by atoms with Gasteiger partial charge in [0.25, 0.3) is 0 Å². The van der Waals surface area contributed by atoms with E-state index in [1.807, 2.05) is 0 Å². The van der Waals surface area contributed by atoms with Crippen LogP contribution in [0.2, 0.25) is 0 Å². The molecule has 0 aromatic rings. The second-order valence-electron chi connectivity index (χ2n) is 6.02. The topological polar surface area (TPSA) is 38.5 Å². The molecule has 1 saturated carbocycles. The lowest BCUT2D eigenvalue weighted by atomic mass is 9.84. The van der Waals surface area contributed by atoms with Crippen LogP contribution in [0.25, 0.3) is 0 Å². The summed E-state index contributed by atoms with van der Waals surface area (Å²) in [6.07, 6.45) is 10.4. The van der Waals surface area contributed by atoms with Gasteiger partial charge in [-0.3, -0.25) is 0 Å². The van der Waals surface area contributed by atoms with Crippen molar-refractivity contribution in [3.8, 4) is 0 Å². The maximum Gasteiger partial charge on any atom is 0.0576 e. The third kappa shape index (κ3) is 2.83. The van der Waals surface area contributed by atoms with Crippen molar-refractivity contribution in [2.45, 2.75) is 69.1 Å². The molecule has 3 nitrogen and oxygen atoms in total. The molecule has 1 aliphatic carbocycles. The molecule has 2 aliphatic rings. The summed E-state index contributed by atoms with van der Waals surface area (Å²) in [5.41, 5.74) is 6.76. The van der Waals surface area contributed by atoms with Crippen molar-refractivity contribution in [1.82, 2.24) is 4.90 Å². The van der Waals surface area contributed by atoms with Crippen LogP contribution in [-0.4, -0.2) is 43.3 Å². The van der Waals surface area contributed by atoms with Gasteiger partial charge in [0.15, 0.2) is 0 Å². The van der Waals surface area contributed by atoms with Gasteiger partial charge in [-0.05, 0) is 52.6 Å². The predicted octanol–water partition coefficient (Wildman–Crippen LogP) is 2.15. The molecule has 1 saturated heterocycles. The second-order valence-corrected chi connectivity index (χ2v) is 6.02. The standard InChI is InChI=1S/C14H28N2O/c1-16(2)14(9-3-4-10-14)13(15)8-7-12-6-5-11-17-12/h12-13H,3-11,15H2,1-2H3. The van der Waals surface area contributed by atoms with Gasteiger partial charge in [-0.15, -0.1) is 0 Å². The first kappa shape index (κ1) is 13.3. The molecule has 17 heavy (non-hydrogen) atoms. The smallest absolute Gasteiger partial charge is 0.0576 e. The average molecular weight is 240 g/mol. The molecule has 0 bridgehead atoms. The molecule has 2 fully saturated rings. The lowest BCUT2D eigenvalue weighted by molar-refractivity contribution is 0.0808. The van der Waals surface area contributed by atoms with Crippen molar-refractivity contribution in [1.29, 1.82) is 0 Å². The van der Waals surface area contributed by atoms with Gasteiger partial charge >= 0.3 is 0 Å². The van der Waals surface area contributed by atoms with Crippen molar-refractivity contribution < 1.29 is 4.74 Å². The molecule has 2 unspecified atom stereocenters. The van der Waals surface area contributed by atoms with E-state index in [1.54, 1.807) is 0 Å². The number of rotatable bonds is 5. The zero-order chi connectivity index (χ0) is 12.3. The summed E-state index contributed by atoms with van der Waals surface area (Å²) in [4.78, 5) is 2.38. The molecular formula is C14H28N2O. The molecule has 0 amide bonds. The van der Waals surface area contributed by atoms with Gasteiger partial charge in [-0.1, -0.05) is 12.8 Å². The molecule has 2 rings (SSSR count). The third-order valence-corrected chi connectivity index (χ3v) is 4.87. The zero-order valence-corrected chi connectivity index (χ0v) is 11.5. The molecule has 0 aromatic heterocycles. The van der Waals surface area contributed by atoms with E-state index >= 15 is 0 Å². The Morgan fingerprint density at radius 3 is 2.53 bits per heavy atom. The summed E-state index contributed by atoms with van der Waals surface area (Å²) in [7, 11) is 4.38. The number of ether oxygens (including phenoxy) is 1. The summed E-state index contributed by atoms with van der Waals surface area (Å²) >= 11 is 0. The molecule has 0 radical (unpaired) electrons. The molecule has 2 N–H and O–H groups in total. The monoisotopic (exact) mass is 240 g/mol. The normalized spacial score (nSPS) is 30.0. The van der Waals surface area contributed by atoms with Gasteiger partial charge in [0, 0.05) is 18.2 Å². The van der Waals surface area contributed by atoms with Gasteiger partial charge in [0.2, 0.25) is 0 Å². The fraction of sp³-hybridized carbons (Fsp3) is 1.00. The Morgan fingerprint density at radius 1 is 1.29 bits per heavy atom. The van der Waals surface area contributed by atoms with Crippen molar-refractivity contribution in [2.24, 2.45) is 5.73 Å². The highest BCUT2D eigenvalue weighted by atomic mass is 16.5. The Hall–Kier alpha value is -0.120. The fourth-order valence-corrected chi connectivity index (χ4v) is 3.64. The number of nitrogens with two attached hydrogens (primary N) is 1. The van der Waals surface area contributed by atoms with Gasteiger partial charge in [0.05, 0.1) is 6.10 Å². The van der Waals surface area contributed by atoms with Crippen LogP contribution in [0, 0.1) is 0 Å². The maximum atomic E-state index is 6.50. The van der Waals surface area contributed by atoms with E-state index < -0.39 is 0 Å². The number of hydrogen-bond acceptors (Lipinski definition) is 3. The molecule has 2 atom stereocenters. The van der Waals surface area contributed by atoms with Gasteiger partial charge in [-0.2, -0.15) is 0 Å². The van der Waals surface area contributed by atoms with Crippen LogP contribution in [-0.2, 0) is 4.74 Å². The third-order valence-electron chi connectivity index (χ3n) is 4.87. The summed E-state index contributed by atoms with van der Waals surface area (Å²) in [6, 6.07) is 0.309. The molecule has 1 aliphatic heterocycles. The highest BCUT2D eigenvalue weighted by Crippen LogP contribution is 2.37. The highest BCUT2D eigenvalue weighted by Gasteiger charge is 2.41. The minimum Gasteiger partial charge on any atom is -0.378 e. The zero-order valence-electron chi connectivity index (χ0n) is 11.5. The van der Waals surface area contributed by atoms with Crippen molar-refractivity contribution in [2.75, 3.05) is 20.7 Å². The molecule has 3 heteroatoms. The van der Waals surface area contributed by atoms with Gasteiger partial charge in [0.1, 0.15) is 0 Å². The van der Waals surface area contributed by atoms with E-state index in [1.165, 1.54) is 38.5 Å². The Labute approximate surface area is 106 Å². The Kier molecular flexibility index (Phi) is 4.45. The Morgan fingerprint density at radius 2 is 2.00 bits per heavy atom. The van der Waals surface area contributed by atoms with E-state index in [4.69, 9.17) is 10.5 Å². The lowest BCUT2D eigenvalue weighted by Crippen LogP contribution is -2.55. The first-order chi connectivity index (χ1) is 8.15. The SMILES string of the molecule is CN(C)C1(C(N)CCC2CCCO2)CCCC1. The Balaban J connectivity index is 1.85. The Bertz CT molecular complexity index is 230. The van der Waals surface area contributed by atoms with Gasteiger partial charge < -0.3 is 15.4 Å².